The van der Waals surface area contributed by atoms with E-state index in [9.17, 15) is 13.2 Å². The van der Waals surface area contributed by atoms with E-state index in [2.05, 4.69) is 4.98 Å². The van der Waals surface area contributed by atoms with Crippen molar-refractivity contribution in [2.75, 3.05) is 13.1 Å². The smallest absolute Gasteiger partial charge is 0.224 e. The molecule has 0 spiro atoms. The van der Waals surface area contributed by atoms with Crippen molar-refractivity contribution < 1.29 is 13.2 Å². The van der Waals surface area contributed by atoms with Gasteiger partial charge in [0.2, 0.25) is 15.9 Å². The number of amides is 1. The van der Waals surface area contributed by atoms with Gasteiger partial charge in [-0.3, -0.25) is 9.78 Å². The SMILES string of the molecule is NS(=O)(=O)C1CC(=O)N(CCc2cccc3cccnc23)C1. The molecule has 22 heavy (non-hydrogen) atoms. The number of likely N-dealkylation sites (tertiary alicyclic amines) is 1. The van der Waals surface area contributed by atoms with Gasteiger partial charge < -0.3 is 4.90 Å². The minimum atomic E-state index is -3.66. The van der Waals surface area contributed by atoms with Gasteiger partial charge in [-0.15, -0.1) is 0 Å². The average Bonchev–Trinajstić information content (AvgIpc) is 2.86. The van der Waals surface area contributed by atoms with Crippen LogP contribution in [0, 0.1) is 0 Å². The largest absolute Gasteiger partial charge is 0.341 e. The van der Waals surface area contributed by atoms with Crippen LogP contribution in [0.25, 0.3) is 10.9 Å². The highest BCUT2D eigenvalue weighted by molar-refractivity contribution is 7.89. The van der Waals surface area contributed by atoms with Gasteiger partial charge in [0.05, 0.1) is 5.52 Å². The van der Waals surface area contributed by atoms with E-state index < -0.39 is 15.3 Å². The molecule has 2 aromatic rings. The number of carbonyl (C=O) groups is 1. The van der Waals surface area contributed by atoms with E-state index in [1.54, 1.807) is 11.1 Å². The minimum Gasteiger partial charge on any atom is -0.341 e. The molecule has 0 bridgehead atoms. The van der Waals surface area contributed by atoms with Crippen molar-refractivity contribution in [3.05, 3.63) is 42.1 Å². The number of nitrogens with two attached hydrogens (primary N) is 1. The molecule has 1 fully saturated rings. The predicted molar refractivity (Wildman–Crippen MR) is 83.5 cm³/mol. The molecule has 3 rings (SSSR count). The van der Waals surface area contributed by atoms with Crippen LogP contribution in [-0.4, -0.2) is 42.5 Å². The average molecular weight is 319 g/mol. The second-order valence-electron chi connectivity index (χ2n) is 5.50. The van der Waals surface area contributed by atoms with Crippen LogP contribution in [0.3, 0.4) is 0 Å². The van der Waals surface area contributed by atoms with E-state index in [4.69, 9.17) is 5.14 Å². The lowest BCUT2D eigenvalue weighted by Gasteiger charge is -2.16. The number of sulfonamides is 1. The van der Waals surface area contributed by atoms with Crippen molar-refractivity contribution in [2.45, 2.75) is 18.1 Å². The second kappa shape index (κ2) is 5.66. The Bertz CT molecular complexity index is 814. The Morgan fingerprint density at radius 1 is 1.27 bits per heavy atom. The van der Waals surface area contributed by atoms with Gasteiger partial charge in [0.15, 0.2) is 0 Å². The minimum absolute atomic E-state index is 0.0212. The van der Waals surface area contributed by atoms with Gasteiger partial charge in [-0.05, 0) is 18.1 Å². The van der Waals surface area contributed by atoms with Crippen molar-refractivity contribution in [1.82, 2.24) is 9.88 Å². The van der Waals surface area contributed by atoms with E-state index in [0.717, 1.165) is 16.5 Å². The summed E-state index contributed by atoms with van der Waals surface area (Å²) in [6.07, 6.45) is 2.36. The monoisotopic (exact) mass is 319 g/mol. The van der Waals surface area contributed by atoms with Crippen LogP contribution in [0.4, 0.5) is 0 Å². The van der Waals surface area contributed by atoms with E-state index in [-0.39, 0.29) is 18.9 Å². The molecule has 7 heteroatoms. The van der Waals surface area contributed by atoms with Gasteiger partial charge in [-0.1, -0.05) is 24.3 Å². The van der Waals surface area contributed by atoms with Crippen LogP contribution in [-0.2, 0) is 21.2 Å². The number of fused-ring (bicyclic) bond motifs is 1. The molecule has 1 aromatic heterocycles. The first-order valence-corrected chi connectivity index (χ1v) is 8.68. The van der Waals surface area contributed by atoms with Crippen molar-refractivity contribution >= 4 is 26.8 Å². The maximum Gasteiger partial charge on any atom is 0.224 e. The summed E-state index contributed by atoms with van der Waals surface area (Å²) in [4.78, 5) is 17.9. The zero-order valence-electron chi connectivity index (χ0n) is 12.0. The Kier molecular flexibility index (Phi) is 3.84. The third kappa shape index (κ3) is 2.95. The molecule has 1 unspecified atom stereocenters. The lowest BCUT2D eigenvalue weighted by molar-refractivity contribution is -0.127. The fourth-order valence-corrected chi connectivity index (χ4v) is 3.56. The molecule has 1 amide bonds. The Hall–Kier alpha value is -1.99. The molecular weight excluding hydrogens is 302 g/mol. The summed E-state index contributed by atoms with van der Waals surface area (Å²) in [5.74, 6) is -0.160. The first-order chi connectivity index (χ1) is 10.4. The number of aromatic nitrogens is 1. The van der Waals surface area contributed by atoms with Crippen LogP contribution in [0.2, 0.25) is 0 Å². The molecule has 1 atom stereocenters. The van der Waals surface area contributed by atoms with E-state index in [0.29, 0.717) is 13.0 Å². The number of benzene rings is 1. The number of carbonyl (C=O) groups excluding carboxylic acids is 1. The molecule has 1 aliphatic rings. The van der Waals surface area contributed by atoms with Crippen molar-refractivity contribution in [3.63, 3.8) is 0 Å². The van der Waals surface area contributed by atoms with Crippen molar-refractivity contribution in [3.8, 4) is 0 Å². The van der Waals surface area contributed by atoms with Gasteiger partial charge in [-0.2, -0.15) is 0 Å². The van der Waals surface area contributed by atoms with Crippen LogP contribution in [0.15, 0.2) is 36.5 Å². The van der Waals surface area contributed by atoms with Gasteiger partial charge in [0.25, 0.3) is 0 Å². The molecule has 1 saturated heterocycles. The predicted octanol–water partition coefficient (Wildman–Crippen LogP) is 0.667. The molecule has 6 nitrogen and oxygen atoms in total. The molecule has 0 aliphatic carbocycles. The Morgan fingerprint density at radius 2 is 2.05 bits per heavy atom. The molecule has 1 aromatic carbocycles. The zero-order chi connectivity index (χ0) is 15.7. The molecule has 2 N–H and O–H groups in total. The number of para-hydroxylation sites is 1. The summed E-state index contributed by atoms with van der Waals surface area (Å²) in [7, 11) is -3.66. The van der Waals surface area contributed by atoms with E-state index >= 15 is 0 Å². The van der Waals surface area contributed by atoms with Crippen molar-refractivity contribution in [2.24, 2.45) is 5.14 Å². The summed E-state index contributed by atoms with van der Waals surface area (Å²) in [5, 5.41) is 5.39. The Morgan fingerprint density at radius 3 is 2.77 bits per heavy atom. The highest BCUT2D eigenvalue weighted by Crippen LogP contribution is 2.20. The van der Waals surface area contributed by atoms with E-state index in [1.807, 2.05) is 30.3 Å². The van der Waals surface area contributed by atoms with Gasteiger partial charge in [0.1, 0.15) is 5.25 Å². The summed E-state index contributed by atoms with van der Waals surface area (Å²) in [6, 6.07) is 9.80. The third-order valence-corrected chi connectivity index (χ3v) is 5.26. The second-order valence-corrected chi connectivity index (χ2v) is 7.34. The molecular formula is C15H17N3O3S. The molecule has 116 valence electrons. The number of hydrogen-bond acceptors (Lipinski definition) is 4. The van der Waals surface area contributed by atoms with E-state index in [1.165, 1.54) is 0 Å². The molecule has 0 radical (unpaired) electrons. The van der Waals surface area contributed by atoms with Crippen molar-refractivity contribution in [1.29, 1.82) is 0 Å². The summed E-state index contributed by atoms with van der Waals surface area (Å²) in [6.45, 7) is 0.649. The topological polar surface area (TPSA) is 93.4 Å². The zero-order valence-corrected chi connectivity index (χ0v) is 12.8. The number of hydrogen-bond donors (Lipinski definition) is 1. The number of pyridine rings is 1. The van der Waals surface area contributed by atoms with Crippen LogP contribution >= 0.6 is 0 Å². The first-order valence-electron chi connectivity index (χ1n) is 7.07. The standard InChI is InChI=1S/C15H17N3O3S/c16-22(20,21)13-9-14(19)18(10-13)8-6-12-4-1-3-11-5-2-7-17-15(11)12/h1-5,7,13H,6,8-10H2,(H2,16,20,21). The quantitative estimate of drug-likeness (QED) is 0.896. The van der Waals surface area contributed by atoms with Gasteiger partial charge in [0, 0.05) is 31.1 Å². The fourth-order valence-electron chi connectivity index (χ4n) is 2.80. The molecule has 1 aliphatic heterocycles. The maximum absolute atomic E-state index is 11.9. The number of rotatable bonds is 4. The van der Waals surface area contributed by atoms with Gasteiger partial charge >= 0.3 is 0 Å². The lowest BCUT2D eigenvalue weighted by atomic mass is 10.1. The number of primary sulfonamides is 1. The Balaban J connectivity index is 1.74. The summed E-state index contributed by atoms with van der Waals surface area (Å²) in [5.41, 5.74) is 1.96. The summed E-state index contributed by atoms with van der Waals surface area (Å²) < 4.78 is 22.7. The summed E-state index contributed by atoms with van der Waals surface area (Å²) >= 11 is 0. The van der Waals surface area contributed by atoms with Gasteiger partial charge in [-0.25, -0.2) is 13.6 Å². The first kappa shape index (κ1) is 14.9. The molecule has 2 heterocycles. The van der Waals surface area contributed by atoms with Crippen LogP contribution < -0.4 is 5.14 Å². The molecule has 0 saturated carbocycles. The van der Waals surface area contributed by atoms with Crippen LogP contribution in [0.5, 0.6) is 0 Å². The highest BCUT2D eigenvalue weighted by Gasteiger charge is 2.36. The van der Waals surface area contributed by atoms with Crippen LogP contribution in [0.1, 0.15) is 12.0 Å². The third-order valence-electron chi connectivity index (χ3n) is 4.01. The maximum atomic E-state index is 11.9. The lowest BCUT2D eigenvalue weighted by Crippen LogP contribution is -2.33. The fraction of sp³-hybridized carbons (Fsp3) is 0.333. The highest BCUT2D eigenvalue weighted by atomic mass is 32.2. The number of nitrogens with zero attached hydrogens (tertiary/aromatic N) is 2. The Labute approximate surface area is 129 Å². The normalized spacial score (nSPS) is 19.0.